The van der Waals surface area contributed by atoms with Crippen molar-refractivity contribution >= 4 is 17.6 Å². The maximum Gasteiger partial charge on any atom is 0.325 e. The van der Waals surface area contributed by atoms with Crippen LogP contribution in [0.3, 0.4) is 0 Å². The molecule has 1 saturated heterocycles. The molecule has 3 amide bonds. The van der Waals surface area contributed by atoms with Crippen LogP contribution in [0.15, 0.2) is 42.5 Å². The van der Waals surface area contributed by atoms with E-state index in [1.807, 2.05) is 19.1 Å². The average Bonchev–Trinajstić information content (AvgIpc) is 2.86. The molecule has 0 spiro atoms. The molecule has 2 aromatic rings. The van der Waals surface area contributed by atoms with Gasteiger partial charge < -0.3 is 10.1 Å². The molecule has 27 heavy (non-hydrogen) atoms. The first-order chi connectivity index (χ1) is 12.8. The molecule has 0 aromatic heterocycles. The van der Waals surface area contributed by atoms with Crippen LogP contribution in [0, 0.1) is 17.0 Å². The molecule has 3 rings (SSSR count). The van der Waals surface area contributed by atoms with Crippen molar-refractivity contribution in [1.82, 2.24) is 10.2 Å². The van der Waals surface area contributed by atoms with E-state index in [2.05, 4.69) is 5.32 Å². The molecule has 1 atom stereocenters. The fourth-order valence-electron chi connectivity index (χ4n) is 3.15. The van der Waals surface area contributed by atoms with Gasteiger partial charge in [-0.1, -0.05) is 17.7 Å². The highest BCUT2D eigenvalue weighted by Crippen LogP contribution is 2.32. The average molecular weight is 369 g/mol. The van der Waals surface area contributed by atoms with Crippen LogP contribution in [0.25, 0.3) is 0 Å². The molecule has 1 N–H and O–H groups in total. The quantitative estimate of drug-likeness (QED) is 0.496. The molecular weight excluding hydrogens is 350 g/mol. The third kappa shape index (κ3) is 3.21. The first-order valence-corrected chi connectivity index (χ1v) is 8.29. The van der Waals surface area contributed by atoms with E-state index in [1.165, 1.54) is 31.4 Å². The summed E-state index contributed by atoms with van der Waals surface area (Å²) in [5.74, 6) is 0.162. The number of nitrogens with one attached hydrogen (secondary N) is 1. The number of hydrogen-bond donors (Lipinski definition) is 1. The topological polar surface area (TPSA) is 102 Å². The van der Waals surface area contributed by atoms with Crippen molar-refractivity contribution in [3.8, 4) is 5.75 Å². The fraction of sp³-hybridized carbons (Fsp3) is 0.263. The summed E-state index contributed by atoms with van der Waals surface area (Å²) in [5.41, 5.74) is 0.805. The molecule has 1 fully saturated rings. The van der Waals surface area contributed by atoms with Gasteiger partial charge in [0.2, 0.25) is 0 Å². The van der Waals surface area contributed by atoms with Crippen LogP contribution in [0.5, 0.6) is 5.75 Å². The molecule has 140 valence electrons. The second kappa shape index (κ2) is 6.71. The number of ether oxygens (including phenoxy) is 1. The lowest BCUT2D eigenvalue weighted by molar-refractivity contribution is -0.384. The highest BCUT2D eigenvalue weighted by atomic mass is 16.6. The van der Waals surface area contributed by atoms with Gasteiger partial charge in [0, 0.05) is 17.7 Å². The minimum atomic E-state index is -1.29. The summed E-state index contributed by atoms with van der Waals surface area (Å²) in [6, 6.07) is 10.6. The highest BCUT2D eigenvalue weighted by molar-refractivity contribution is 6.07. The highest BCUT2D eigenvalue weighted by Gasteiger charge is 2.49. The molecule has 0 aliphatic carbocycles. The maximum atomic E-state index is 13.0. The number of nitro groups is 1. The van der Waals surface area contributed by atoms with Gasteiger partial charge in [0.1, 0.15) is 11.3 Å². The molecule has 0 unspecified atom stereocenters. The number of methoxy groups -OCH3 is 1. The van der Waals surface area contributed by atoms with E-state index in [0.29, 0.717) is 16.9 Å². The summed E-state index contributed by atoms with van der Waals surface area (Å²) in [6.45, 7) is 3.57. The van der Waals surface area contributed by atoms with E-state index < -0.39 is 22.4 Å². The van der Waals surface area contributed by atoms with Crippen LogP contribution >= 0.6 is 0 Å². The van der Waals surface area contributed by atoms with Crippen molar-refractivity contribution in [3.05, 3.63) is 69.3 Å². The van der Waals surface area contributed by atoms with Crippen molar-refractivity contribution in [1.29, 1.82) is 0 Å². The zero-order valence-electron chi connectivity index (χ0n) is 15.2. The Balaban J connectivity index is 1.90. The number of aryl methyl sites for hydroxylation is 1. The Hall–Kier alpha value is -3.42. The van der Waals surface area contributed by atoms with Gasteiger partial charge in [0.25, 0.3) is 11.6 Å². The van der Waals surface area contributed by atoms with E-state index >= 15 is 0 Å². The number of hydrogen-bond acceptors (Lipinski definition) is 5. The Morgan fingerprint density at radius 1 is 1.19 bits per heavy atom. The number of imide groups is 1. The van der Waals surface area contributed by atoms with Gasteiger partial charge in [-0.3, -0.25) is 19.8 Å². The van der Waals surface area contributed by atoms with Crippen molar-refractivity contribution in [2.24, 2.45) is 0 Å². The summed E-state index contributed by atoms with van der Waals surface area (Å²) in [5, 5.41) is 13.5. The first kappa shape index (κ1) is 18.4. The van der Waals surface area contributed by atoms with Crippen LogP contribution in [0.4, 0.5) is 10.5 Å². The Morgan fingerprint density at radius 3 is 2.44 bits per heavy atom. The van der Waals surface area contributed by atoms with Gasteiger partial charge >= 0.3 is 6.03 Å². The van der Waals surface area contributed by atoms with Crippen molar-refractivity contribution in [3.63, 3.8) is 0 Å². The third-order valence-corrected chi connectivity index (χ3v) is 4.69. The molecule has 1 heterocycles. The molecule has 1 aliphatic rings. The van der Waals surface area contributed by atoms with Crippen LogP contribution in [-0.2, 0) is 16.9 Å². The minimum Gasteiger partial charge on any atom is -0.496 e. The molecular formula is C19H19N3O5. The number of urea groups is 1. The number of carbonyl (C=O) groups is 2. The molecule has 2 aromatic carbocycles. The summed E-state index contributed by atoms with van der Waals surface area (Å²) in [6.07, 6.45) is 0. The summed E-state index contributed by atoms with van der Waals surface area (Å²) in [7, 11) is 1.53. The third-order valence-electron chi connectivity index (χ3n) is 4.69. The minimum absolute atomic E-state index is 0.0676. The largest absolute Gasteiger partial charge is 0.496 e. The van der Waals surface area contributed by atoms with E-state index in [4.69, 9.17) is 4.74 Å². The van der Waals surface area contributed by atoms with Gasteiger partial charge in [-0.05, 0) is 37.6 Å². The molecule has 0 radical (unpaired) electrons. The Morgan fingerprint density at radius 2 is 1.85 bits per heavy atom. The van der Waals surface area contributed by atoms with Crippen molar-refractivity contribution in [2.75, 3.05) is 7.11 Å². The van der Waals surface area contributed by atoms with E-state index in [1.54, 1.807) is 13.0 Å². The molecule has 8 heteroatoms. The SMILES string of the molecule is COc1ccc(C)cc1CN1C(=O)N[C@@](C)(c2ccc([N+](=O)[O-])cc2)C1=O. The number of amides is 3. The number of nitro benzene ring substituents is 1. The van der Waals surface area contributed by atoms with Crippen LogP contribution < -0.4 is 10.1 Å². The number of carbonyl (C=O) groups excluding carboxylic acids is 2. The lowest BCUT2D eigenvalue weighted by Crippen LogP contribution is -2.40. The lowest BCUT2D eigenvalue weighted by atomic mass is 9.92. The van der Waals surface area contributed by atoms with E-state index in [-0.39, 0.29) is 12.2 Å². The van der Waals surface area contributed by atoms with Gasteiger partial charge in [0.15, 0.2) is 0 Å². The predicted molar refractivity (Wildman–Crippen MR) is 97.3 cm³/mol. The molecule has 1 aliphatic heterocycles. The van der Waals surface area contributed by atoms with E-state index in [9.17, 15) is 19.7 Å². The standard InChI is InChI=1S/C19H19N3O5/c1-12-4-9-16(27-3)13(10-12)11-21-17(23)19(2,20-18(21)24)14-5-7-15(8-6-14)22(25)26/h4-10H,11H2,1-3H3,(H,20,24)/t19-/m0/s1. The zero-order chi connectivity index (χ0) is 19.8. The van der Waals surface area contributed by atoms with E-state index in [0.717, 1.165) is 10.5 Å². The van der Waals surface area contributed by atoms with Gasteiger partial charge in [0.05, 0.1) is 18.6 Å². The summed E-state index contributed by atoms with van der Waals surface area (Å²) < 4.78 is 5.32. The summed E-state index contributed by atoms with van der Waals surface area (Å²) >= 11 is 0. The van der Waals surface area contributed by atoms with Crippen molar-refractivity contribution in [2.45, 2.75) is 25.9 Å². The predicted octanol–water partition coefficient (Wildman–Crippen LogP) is 2.88. The zero-order valence-corrected chi connectivity index (χ0v) is 15.2. The number of non-ortho nitro benzene ring substituents is 1. The van der Waals surface area contributed by atoms with Crippen LogP contribution in [-0.4, -0.2) is 28.9 Å². The Bertz CT molecular complexity index is 925. The maximum absolute atomic E-state index is 13.0. The Labute approximate surface area is 155 Å². The number of nitrogens with zero attached hydrogens (tertiary/aromatic N) is 2. The van der Waals surface area contributed by atoms with Crippen LogP contribution in [0.2, 0.25) is 0 Å². The number of benzene rings is 2. The summed E-state index contributed by atoms with van der Waals surface area (Å²) in [4.78, 5) is 36.9. The molecule has 0 bridgehead atoms. The number of rotatable bonds is 5. The fourth-order valence-corrected chi connectivity index (χ4v) is 3.15. The second-order valence-electron chi connectivity index (χ2n) is 6.57. The van der Waals surface area contributed by atoms with Gasteiger partial charge in [-0.15, -0.1) is 0 Å². The Kier molecular flexibility index (Phi) is 4.57. The smallest absolute Gasteiger partial charge is 0.325 e. The molecule has 8 nitrogen and oxygen atoms in total. The lowest BCUT2D eigenvalue weighted by Gasteiger charge is -2.22. The molecule has 0 saturated carbocycles. The van der Waals surface area contributed by atoms with Crippen LogP contribution in [0.1, 0.15) is 23.6 Å². The normalized spacial score (nSPS) is 19.1. The van der Waals surface area contributed by atoms with Gasteiger partial charge in [-0.25, -0.2) is 4.79 Å². The second-order valence-corrected chi connectivity index (χ2v) is 6.57. The van der Waals surface area contributed by atoms with Crippen molar-refractivity contribution < 1.29 is 19.2 Å². The van der Waals surface area contributed by atoms with Gasteiger partial charge in [-0.2, -0.15) is 0 Å². The monoisotopic (exact) mass is 369 g/mol. The first-order valence-electron chi connectivity index (χ1n) is 8.29.